The van der Waals surface area contributed by atoms with E-state index in [0.29, 0.717) is 12.8 Å². The Morgan fingerprint density at radius 2 is 1.68 bits per heavy atom. The lowest BCUT2D eigenvalue weighted by Gasteiger charge is -2.21. The predicted molar refractivity (Wildman–Crippen MR) is 125 cm³/mol. The summed E-state index contributed by atoms with van der Waals surface area (Å²) in [5.41, 5.74) is 4.62. The molecule has 34 heavy (non-hydrogen) atoms. The van der Waals surface area contributed by atoms with Gasteiger partial charge in [0.05, 0.1) is 5.92 Å². The maximum atomic E-state index is 12.6. The van der Waals surface area contributed by atoms with Crippen LogP contribution in [0.1, 0.15) is 42.7 Å². The molecule has 2 aromatic carbocycles. The largest absolute Gasteiger partial charge is 0.479 e. The molecule has 2 amide bonds. The lowest BCUT2D eigenvalue weighted by Crippen LogP contribution is -2.45. The van der Waals surface area contributed by atoms with Crippen LogP contribution in [-0.4, -0.2) is 55.5 Å². The van der Waals surface area contributed by atoms with Crippen molar-refractivity contribution in [3.63, 3.8) is 0 Å². The second-order valence-electron chi connectivity index (χ2n) is 8.76. The fourth-order valence-corrected chi connectivity index (χ4v) is 5.04. The summed E-state index contributed by atoms with van der Waals surface area (Å²) in [6, 6.07) is 16.0. The SMILES string of the molecule is COC(CCNC(=O)[C@H]1CCC[C@H]1NC(=O)OCC1c2ccccc2-c2ccccc21)C(=O)O. The van der Waals surface area contributed by atoms with E-state index in [1.165, 1.54) is 18.2 Å². The highest BCUT2D eigenvalue weighted by Gasteiger charge is 2.35. The molecule has 0 saturated heterocycles. The molecule has 1 fully saturated rings. The Kier molecular flexibility index (Phi) is 7.47. The van der Waals surface area contributed by atoms with Gasteiger partial charge in [0.2, 0.25) is 5.91 Å². The van der Waals surface area contributed by atoms with E-state index in [4.69, 9.17) is 14.6 Å². The molecular weight excluding hydrogens is 436 g/mol. The molecule has 8 heteroatoms. The first-order chi connectivity index (χ1) is 16.5. The smallest absolute Gasteiger partial charge is 0.407 e. The number of amides is 2. The van der Waals surface area contributed by atoms with Crippen molar-refractivity contribution >= 4 is 18.0 Å². The molecule has 3 atom stereocenters. The van der Waals surface area contributed by atoms with Crippen LogP contribution in [-0.2, 0) is 19.1 Å². The first-order valence-corrected chi connectivity index (χ1v) is 11.6. The first-order valence-electron chi connectivity index (χ1n) is 11.6. The Morgan fingerprint density at radius 1 is 1.03 bits per heavy atom. The first kappa shape index (κ1) is 23.8. The van der Waals surface area contributed by atoms with E-state index < -0.39 is 18.2 Å². The number of carboxylic acids is 1. The minimum absolute atomic E-state index is 0.0243. The number of nitrogens with one attached hydrogen (secondary N) is 2. The van der Waals surface area contributed by atoms with E-state index in [2.05, 4.69) is 34.9 Å². The Balaban J connectivity index is 1.30. The molecule has 2 aliphatic carbocycles. The average molecular weight is 467 g/mol. The molecule has 8 nitrogen and oxygen atoms in total. The number of hydrogen-bond acceptors (Lipinski definition) is 5. The summed E-state index contributed by atoms with van der Waals surface area (Å²) in [5, 5.41) is 14.7. The van der Waals surface area contributed by atoms with Gasteiger partial charge in [0.15, 0.2) is 6.10 Å². The average Bonchev–Trinajstić information content (AvgIpc) is 3.42. The molecule has 4 rings (SSSR count). The highest BCUT2D eigenvalue weighted by molar-refractivity contribution is 5.81. The van der Waals surface area contributed by atoms with Gasteiger partial charge in [-0.1, -0.05) is 55.0 Å². The van der Waals surface area contributed by atoms with Crippen LogP contribution in [0.4, 0.5) is 4.79 Å². The fourth-order valence-electron chi connectivity index (χ4n) is 5.04. The number of rotatable bonds is 9. The van der Waals surface area contributed by atoms with Crippen molar-refractivity contribution in [3.8, 4) is 11.1 Å². The number of carbonyl (C=O) groups is 3. The van der Waals surface area contributed by atoms with Crippen molar-refractivity contribution in [2.24, 2.45) is 5.92 Å². The van der Waals surface area contributed by atoms with Gasteiger partial charge < -0.3 is 25.2 Å². The molecule has 2 aromatic rings. The van der Waals surface area contributed by atoms with Crippen LogP contribution < -0.4 is 10.6 Å². The number of benzene rings is 2. The fraction of sp³-hybridized carbons (Fsp3) is 0.423. The van der Waals surface area contributed by atoms with E-state index >= 15 is 0 Å². The minimum atomic E-state index is -1.06. The number of ether oxygens (including phenoxy) is 2. The van der Waals surface area contributed by atoms with E-state index in [9.17, 15) is 14.4 Å². The zero-order chi connectivity index (χ0) is 24.1. The van der Waals surface area contributed by atoms with Gasteiger partial charge in [0.25, 0.3) is 0 Å². The summed E-state index contributed by atoms with van der Waals surface area (Å²) in [5.74, 6) is -1.65. The highest BCUT2D eigenvalue weighted by atomic mass is 16.5. The molecular formula is C26H30N2O6. The minimum Gasteiger partial charge on any atom is -0.479 e. The number of methoxy groups -OCH3 is 1. The summed E-state index contributed by atoms with van der Waals surface area (Å²) in [6.45, 7) is 0.412. The maximum absolute atomic E-state index is 12.6. The van der Waals surface area contributed by atoms with E-state index in [1.807, 2.05) is 24.3 Å². The Morgan fingerprint density at radius 3 is 2.29 bits per heavy atom. The lowest BCUT2D eigenvalue weighted by molar-refractivity contribution is -0.149. The Hall–Kier alpha value is -3.39. The number of hydrogen-bond donors (Lipinski definition) is 3. The van der Waals surface area contributed by atoms with Crippen LogP contribution in [0.2, 0.25) is 0 Å². The van der Waals surface area contributed by atoms with Crippen molar-refractivity contribution < 1.29 is 29.0 Å². The molecule has 0 aromatic heterocycles. The van der Waals surface area contributed by atoms with Crippen LogP contribution in [0.25, 0.3) is 11.1 Å². The van der Waals surface area contributed by atoms with Gasteiger partial charge in [-0.15, -0.1) is 0 Å². The van der Waals surface area contributed by atoms with Crippen LogP contribution in [0.15, 0.2) is 48.5 Å². The van der Waals surface area contributed by atoms with Crippen LogP contribution in [0.3, 0.4) is 0 Å². The van der Waals surface area contributed by atoms with E-state index in [0.717, 1.165) is 17.5 Å². The molecule has 0 radical (unpaired) electrons. The zero-order valence-electron chi connectivity index (χ0n) is 19.2. The third-order valence-electron chi connectivity index (χ3n) is 6.77. The molecule has 0 aliphatic heterocycles. The Bertz CT molecular complexity index is 1010. The molecule has 3 N–H and O–H groups in total. The number of alkyl carbamates (subject to hydrolysis) is 1. The highest BCUT2D eigenvalue weighted by Crippen LogP contribution is 2.44. The van der Waals surface area contributed by atoms with Crippen molar-refractivity contribution in [1.29, 1.82) is 0 Å². The summed E-state index contributed by atoms with van der Waals surface area (Å²) < 4.78 is 10.5. The van der Waals surface area contributed by atoms with Gasteiger partial charge in [-0.25, -0.2) is 9.59 Å². The number of carbonyl (C=O) groups excluding carboxylic acids is 2. The van der Waals surface area contributed by atoms with Crippen molar-refractivity contribution in [2.45, 2.75) is 43.7 Å². The van der Waals surface area contributed by atoms with Gasteiger partial charge >= 0.3 is 12.1 Å². The Labute approximate surface area is 198 Å². The van der Waals surface area contributed by atoms with Crippen molar-refractivity contribution in [2.75, 3.05) is 20.3 Å². The van der Waals surface area contributed by atoms with Gasteiger partial charge in [-0.3, -0.25) is 4.79 Å². The summed E-state index contributed by atoms with van der Waals surface area (Å²) in [4.78, 5) is 36.3. The second kappa shape index (κ2) is 10.7. The summed E-state index contributed by atoms with van der Waals surface area (Å²) >= 11 is 0. The van der Waals surface area contributed by atoms with Gasteiger partial charge in [-0.05, 0) is 35.1 Å². The molecule has 1 saturated carbocycles. The van der Waals surface area contributed by atoms with Gasteiger partial charge in [-0.2, -0.15) is 0 Å². The van der Waals surface area contributed by atoms with E-state index in [1.54, 1.807) is 0 Å². The standard InChI is InChI=1S/C26H30N2O6/c1-33-23(25(30)31)13-14-27-24(29)20-11-6-12-22(20)28-26(32)34-15-21-18-9-4-2-7-16(18)17-8-3-5-10-19(17)21/h2-5,7-10,20-23H,6,11-15H2,1H3,(H,27,29)(H,28,32)(H,30,31)/t20-,22+,23?/m0/s1. The topological polar surface area (TPSA) is 114 Å². The second-order valence-corrected chi connectivity index (χ2v) is 8.76. The number of carboxylic acid groups (broad SMARTS) is 1. The normalized spacial score (nSPS) is 19.7. The third-order valence-corrected chi connectivity index (χ3v) is 6.77. The molecule has 180 valence electrons. The summed E-state index contributed by atoms with van der Waals surface area (Å²) in [6.07, 6.45) is 0.859. The van der Waals surface area contributed by atoms with Gasteiger partial charge in [0.1, 0.15) is 6.61 Å². The third kappa shape index (κ3) is 5.07. The molecule has 0 bridgehead atoms. The number of aliphatic carboxylic acids is 1. The monoisotopic (exact) mass is 466 g/mol. The van der Waals surface area contributed by atoms with Gasteiger partial charge in [0, 0.05) is 32.0 Å². The van der Waals surface area contributed by atoms with Crippen LogP contribution in [0, 0.1) is 5.92 Å². The molecule has 1 unspecified atom stereocenters. The van der Waals surface area contributed by atoms with E-state index in [-0.39, 0.29) is 43.4 Å². The maximum Gasteiger partial charge on any atom is 0.407 e. The summed E-state index contributed by atoms with van der Waals surface area (Å²) in [7, 11) is 1.33. The molecule has 2 aliphatic rings. The lowest BCUT2D eigenvalue weighted by atomic mass is 9.98. The van der Waals surface area contributed by atoms with Crippen molar-refractivity contribution in [1.82, 2.24) is 10.6 Å². The van der Waals surface area contributed by atoms with Crippen LogP contribution >= 0.6 is 0 Å². The molecule has 0 spiro atoms. The van der Waals surface area contributed by atoms with Crippen molar-refractivity contribution in [3.05, 3.63) is 59.7 Å². The predicted octanol–water partition coefficient (Wildman–Crippen LogP) is 3.30. The van der Waals surface area contributed by atoms with Crippen LogP contribution in [0.5, 0.6) is 0 Å². The number of fused-ring (bicyclic) bond motifs is 3. The quantitative estimate of drug-likeness (QED) is 0.523. The molecule has 0 heterocycles. The zero-order valence-corrected chi connectivity index (χ0v) is 19.2.